The van der Waals surface area contributed by atoms with E-state index in [1.807, 2.05) is 31.7 Å². The number of piperidine rings is 1. The van der Waals surface area contributed by atoms with Gasteiger partial charge in [0.2, 0.25) is 0 Å². The van der Waals surface area contributed by atoms with E-state index in [0.29, 0.717) is 12.0 Å². The smallest absolute Gasteiger partial charge is 0.193 e. The molecule has 2 fully saturated rings. The van der Waals surface area contributed by atoms with Crippen LogP contribution >= 0.6 is 11.6 Å². The lowest BCUT2D eigenvalue weighted by Crippen LogP contribution is -2.51. The molecule has 2 aliphatic rings. The molecule has 0 aliphatic carbocycles. The van der Waals surface area contributed by atoms with Gasteiger partial charge < -0.3 is 19.5 Å². The standard InChI is InChI=1S/C23H33ClN6O/c1-18-6-8-29(16-22(18)30-9-7-26-17-30)23(25-2)27-15-21(28-10-12-31-13-11-28)19-4-3-5-20(24)14-19/h3-5,7,9,14,17-18,21-22H,6,8,10-13,15-16H2,1-2H3,(H,25,27). The van der Waals surface area contributed by atoms with Gasteiger partial charge >= 0.3 is 0 Å². The van der Waals surface area contributed by atoms with Gasteiger partial charge in [0.1, 0.15) is 0 Å². The predicted octanol–water partition coefficient (Wildman–Crippen LogP) is 3.07. The second-order valence-corrected chi connectivity index (χ2v) is 8.87. The number of guanidine groups is 1. The summed E-state index contributed by atoms with van der Waals surface area (Å²) in [7, 11) is 1.87. The fraction of sp³-hybridized carbons (Fsp3) is 0.565. The number of nitrogens with zero attached hydrogens (tertiary/aromatic N) is 5. The normalized spacial score (nSPS) is 24.2. The van der Waals surface area contributed by atoms with Crippen LogP contribution in [0.1, 0.15) is 31.0 Å². The van der Waals surface area contributed by atoms with Gasteiger partial charge in [0, 0.05) is 57.2 Å². The van der Waals surface area contributed by atoms with Gasteiger partial charge in [-0.25, -0.2) is 4.98 Å². The number of hydrogen-bond acceptors (Lipinski definition) is 4. The van der Waals surface area contributed by atoms with Gasteiger partial charge in [-0.05, 0) is 30.0 Å². The Morgan fingerprint density at radius 2 is 2.16 bits per heavy atom. The average Bonchev–Trinajstić information content (AvgIpc) is 3.33. The average molecular weight is 445 g/mol. The lowest BCUT2D eigenvalue weighted by Gasteiger charge is -2.40. The Morgan fingerprint density at radius 1 is 1.32 bits per heavy atom. The number of aliphatic imine (C=N–C) groups is 1. The van der Waals surface area contributed by atoms with E-state index in [2.05, 4.69) is 54.9 Å². The number of nitrogens with one attached hydrogen (secondary N) is 1. The molecule has 0 radical (unpaired) electrons. The minimum atomic E-state index is 0.215. The van der Waals surface area contributed by atoms with Crippen LogP contribution in [0, 0.1) is 5.92 Å². The molecule has 2 aliphatic heterocycles. The molecule has 2 aromatic rings. The largest absolute Gasteiger partial charge is 0.379 e. The number of ether oxygens (including phenoxy) is 1. The lowest BCUT2D eigenvalue weighted by atomic mass is 9.93. The van der Waals surface area contributed by atoms with Gasteiger partial charge in [-0.15, -0.1) is 0 Å². The molecule has 0 saturated carbocycles. The number of likely N-dealkylation sites (tertiary alicyclic amines) is 1. The van der Waals surface area contributed by atoms with Crippen molar-refractivity contribution in [1.82, 2.24) is 24.7 Å². The molecule has 0 amide bonds. The van der Waals surface area contributed by atoms with Gasteiger partial charge in [-0.2, -0.15) is 0 Å². The van der Waals surface area contributed by atoms with Gasteiger partial charge in [0.25, 0.3) is 0 Å². The molecule has 8 heteroatoms. The Labute approximate surface area is 190 Å². The highest BCUT2D eigenvalue weighted by atomic mass is 35.5. The van der Waals surface area contributed by atoms with Crippen molar-refractivity contribution in [3.05, 3.63) is 53.6 Å². The zero-order valence-electron chi connectivity index (χ0n) is 18.5. The van der Waals surface area contributed by atoms with Crippen molar-refractivity contribution >= 4 is 17.6 Å². The van der Waals surface area contributed by atoms with Crippen LogP contribution in [0.25, 0.3) is 0 Å². The maximum Gasteiger partial charge on any atom is 0.193 e. The minimum absolute atomic E-state index is 0.215. The third-order valence-electron chi connectivity index (χ3n) is 6.51. The summed E-state index contributed by atoms with van der Waals surface area (Å²) < 4.78 is 7.81. The van der Waals surface area contributed by atoms with E-state index in [1.54, 1.807) is 0 Å². The number of aromatic nitrogens is 2. The first-order valence-corrected chi connectivity index (χ1v) is 11.5. The monoisotopic (exact) mass is 444 g/mol. The summed E-state index contributed by atoms with van der Waals surface area (Å²) in [5.41, 5.74) is 1.22. The lowest BCUT2D eigenvalue weighted by molar-refractivity contribution is 0.0168. The summed E-state index contributed by atoms with van der Waals surface area (Å²) in [6.45, 7) is 8.40. The maximum absolute atomic E-state index is 6.32. The summed E-state index contributed by atoms with van der Waals surface area (Å²) in [6.07, 6.45) is 6.98. The van der Waals surface area contributed by atoms with Crippen molar-refractivity contribution in [3.63, 3.8) is 0 Å². The minimum Gasteiger partial charge on any atom is -0.379 e. The number of benzene rings is 1. The molecule has 1 aromatic carbocycles. The molecule has 168 valence electrons. The van der Waals surface area contributed by atoms with Crippen LogP contribution in [0.15, 0.2) is 48.0 Å². The van der Waals surface area contributed by atoms with Gasteiger partial charge in [-0.3, -0.25) is 9.89 Å². The fourth-order valence-corrected chi connectivity index (χ4v) is 4.87. The number of imidazole rings is 1. The molecule has 1 aromatic heterocycles. The van der Waals surface area contributed by atoms with Crippen LogP contribution in [0.4, 0.5) is 0 Å². The molecule has 7 nitrogen and oxygen atoms in total. The van der Waals surface area contributed by atoms with E-state index in [4.69, 9.17) is 16.3 Å². The van der Waals surface area contributed by atoms with Crippen molar-refractivity contribution in [1.29, 1.82) is 0 Å². The van der Waals surface area contributed by atoms with Crippen LogP contribution in [0.3, 0.4) is 0 Å². The van der Waals surface area contributed by atoms with Crippen molar-refractivity contribution in [2.75, 3.05) is 53.0 Å². The van der Waals surface area contributed by atoms with Crippen molar-refractivity contribution in [2.24, 2.45) is 10.9 Å². The molecule has 3 unspecified atom stereocenters. The van der Waals surface area contributed by atoms with Gasteiger partial charge in [-0.1, -0.05) is 30.7 Å². The molecule has 0 spiro atoms. The van der Waals surface area contributed by atoms with E-state index in [9.17, 15) is 0 Å². The van der Waals surface area contributed by atoms with Crippen molar-refractivity contribution in [2.45, 2.75) is 25.4 Å². The van der Waals surface area contributed by atoms with E-state index in [1.165, 1.54) is 5.56 Å². The van der Waals surface area contributed by atoms with Crippen LogP contribution in [-0.2, 0) is 4.74 Å². The molecule has 2 saturated heterocycles. The number of morpholine rings is 1. The SMILES string of the molecule is CN=C(NCC(c1cccc(Cl)c1)N1CCOCC1)N1CCC(C)C(n2ccnc2)C1. The first kappa shape index (κ1) is 22.1. The Bertz CT molecular complexity index is 852. The summed E-state index contributed by atoms with van der Waals surface area (Å²) in [6, 6.07) is 8.81. The molecule has 3 atom stereocenters. The molecule has 0 bridgehead atoms. The summed E-state index contributed by atoms with van der Waals surface area (Å²) in [5.74, 6) is 1.56. The van der Waals surface area contributed by atoms with Crippen molar-refractivity contribution < 1.29 is 4.74 Å². The molecule has 3 heterocycles. The van der Waals surface area contributed by atoms with E-state index in [0.717, 1.165) is 63.3 Å². The maximum atomic E-state index is 6.32. The zero-order chi connectivity index (χ0) is 21.6. The highest BCUT2D eigenvalue weighted by Gasteiger charge is 2.30. The summed E-state index contributed by atoms with van der Waals surface area (Å²) >= 11 is 6.32. The molecule has 31 heavy (non-hydrogen) atoms. The third-order valence-corrected chi connectivity index (χ3v) is 6.75. The first-order valence-electron chi connectivity index (χ1n) is 11.2. The van der Waals surface area contributed by atoms with Crippen LogP contribution in [0.5, 0.6) is 0 Å². The first-order chi connectivity index (χ1) is 15.2. The highest BCUT2D eigenvalue weighted by molar-refractivity contribution is 6.30. The number of halogens is 1. The third kappa shape index (κ3) is 5.40. The van der Waals surface area contributed by atoms with E-state index >= 15 is 0 Å². The predicted molar refractivity (Wildman–Crippen MR) is 125 cm³/mol. The molecule has 4 rings (SSSR count). The topological polar surface area (TPSA) is 57.9 Å². The molecule has 1 N–H and O–H groups in total. The Balaban J connectivity index is 1.46. The summed E-state index contributed by atoms with van der Waals surface area (Å²) in [4.78, 5) is 13.7. The second kappa shape index (κ2) is 10.5. The number of rotatable bonds is 5. The quantitative estimate of drug-likeness (QED) is 0.567. The zero-order valence-corrected chi connectivity index (χ0v) is 19.2. The molecular formula is C23H33ClN6O. The van der Waals surface area contributed by atoms with E-state index < -0.39 is 0 Å². The van der Waals surface area contributed by atoms with Crippen molar-refractivity contribution in [3.8, 4) is 0 Å². The van der Waals surface area contributed by atoms with Gasteiger partial charge in [0.15, 0.2) is 5.96 Å². The molecular weight excluding hydrogens is 412 g/mol. The fourth-order valence-electron chi connectivity index (χ4n) is 4.68. The Morgan fingerprint density at radius 3 is 2.87 bits per heavy atom. The number of hydrogen-bond donors (Lipinski definition) is 1. The Hall–Kier alpha value is -2.09. The van der Waals surface area contributed by atoms with Gasteiger partial charge in [0.05, 0.1) is 31.6 Å². The highest BCUT2D eigenvalue weighted by Crippen LogP contribution is 2.28. The van der Waals surface area contributed by atoms with E-state index in [-0.39, 0.29) is 6.04 Å². The second-order valence-electron chi connectivity index (χ2n) is 8.44. The van der Waals surface area contributed by atoms with Crippen LogP contribution in [-0.4, -0.2) is 78.3 Å². The Kier molecular flexibility index (Phi) is 7.48. The summed E-state index contributed by atoms with van der Waals surface area (Å²) in [5, 5.41) is 4.43. The van der Waals surface area contributed by atoms with Crippen LogP contribution < -0.4 is 5.32 Å². The van der Waals surface area contributed by atoms with Crippen LogP contribution in [0.2, 0.25) is 5.02 Å².